The summed E-state index contributed by atoms with van der Waals surface area (Å²) in [7, 11) is 0. The smallest absolute Gasteiger partial charge is 0.130 e. The van der Waals surface area contributed by atoms with Gasteiger partial charge in [-0.05, 0) is 70.6 Å². The lowest BCUT2D eigenvalue weighted by Gasteiger charge is -2.12. The van der Waals surface area contributed by atoms with Crippen LogP contribution in [-0.2, 0) is 6.42 Å². The van der Waals surface area contributed by atoms with Crippen LogP contribution in [0.5, 0.6) is 11.5 Å². The molecule has 0 aliphatic heterocycles. The second-order valence-corrected chi connectivity index (χ2v) is 6.53. The first-order chi connectivity index (χ1) is 11.6. The van der Waals surface area contributed by atoms with Gasteiger partial charge in [0.2, 0.25) is 0 Å². The van der Waals surface area contributed by atoms with Crippen molar-refractivity contribution in [3.05, 3.63) is 41.0 Å². The largest absolute Gasteiger partial charge is 0.507 e. The van der Waals surface area contributed by atoms with E-state index in [4.69, 9.17) is 4.74 Å². The molecule has 0 aliphatic rings. The van der Waals surface area contributed by atoms with E-state index in [1.54, 1.807) is 0 Å². The van der Waals surface area contributed by atoms with Gasteiger partial charge in [-0.3, -0.25) is 0 Å². The predicted molar refractivity (Wildman–Crippen MR) is 105 cm³/mol. The van der Waals surface area contributed by atoms with Crippen molar-refractivity contribution in [2.75, 3.05) is 6.61 Å². The summed E-state index contributed by atoms with van der Waals surface area (Å²) in [6, 6.07) is 3.97. The molecule has 0 aromatic heterocycles. The molecule has 0 saturated heterocycles. The minimum Gasteiger partial charge on any atom is -0.507 e. The predicted octanol–water partition coefficient (Wildman–Crippen LogP) is 6.67. The van der Waals surface area contributed by atoms with Crippen molar-refractivity contribution in [3.8, 4) is 11.5 Å². The quantitative estimate of drug-likeness (QED) is 0.362. The van der Waals surface area contributed by atoms with Crippen molar-refractivity contribution >= 4 is 6.08 Å². The maximum atomic E-state index is 10.4. The molecule has 0 unspecified atom stereocenters. The van der Waals surface area contributed by atoms with Gasteiger partial charge in [-0.2, -0.15) is 0 Å². The van der Waals surface area contributed by atoms with E-state index in [1.165, 1.54) is 18.4 Å². The Balaban J connectivity index is 2.75. The molecule has 0 atom stereocenters. The van der Waals surface area contributed by atoms with Gasteiger partial charge in [0.25, 0.3) is 0 Å². The third kappa shape index (κ3) is 7.72. The van der Waals surface area contributed by atoms with Crippen LogP contribution in [0.1, 0.15) is 77.3 Å². The van der Waals surface area contributed by atoms with E-state index in [2.05, 4.69) is 39.0 Å². The Morgan fingerprint density at radius 2 is 1.88 bits per heavy atom. The molecule has 0 bridgehead atoms. The summed E-state index contributed by atoms with van der Waals surface area (Å²) in [5, 5.41) is 10.4. The summed E-state index contributed by atoms with van der Waals surface area (Å²) >= 11 is 0. The number of hydrogen-bond acceptors (Lipinski definition) is 2. The molecule has 0 heterocycles. The first-order valence-electron chi connectivity index (χ1n) is 9.37. The van der Waals surface area contributed by atoms with Crippen LogP contribution < -0.4 is 4.74 Å². The van der Waals surface area contributed by atoms with E-state index in [0.29, 0.717) is 12.4 Å². The van der Waals surface area contributed by atoms with Gasteiger partial charge in [0.05, 0.1) is 12.2 Å². The van der Waals surface area contributed by atoms with Gasteiger partial charge in [0.1, 0.15) is 11.5 Å². The van der Waals surface area contributed by atoms with Crippen LogP contribution in [0.3, 0.4) is 0 Å². The summed E-state index contributed by atoms with van der Waals surface area (Å²) in [5.41, 5.74) is 3.33. The van der Waals surface area contributed by atoms with Crippen molar-refractivity contribution in [1.82, 2.24) is 0 Å². The minimum atomic E-state index is 0.327. The highest BCUT2D eigenvalue weighted by Crippen LogP contribution is 2.32. The van der Waals surface area contributed by atoms with Crippen LogP contribution in [-0.4, -0.2) is 11.7 Å². The highest BCUT2D eigenvalue weighted by molar-refractivity contribution is 5.65. The van der Waals surface area contributed by atoms with Crippen molar-refractivity contribution in [1.29, 1.82) is 0 Å². The third-order valence-electron chi connectivity index (χ3n) is 3.96. The Morgan fingerprint density at radius 3 is 2.54 bits per heavy atom. The molecular formula is C22H34O2. The Morgan fingerprint density at radius 1 is 1.08 bits per heavy atom. The molecule has 1 aromatic rings. The van der Waals surface area contributed by atoms with Crippen LogP contribution in [0.4, 0.5) is 0 Å². The number of aryl methyl sites for hydroxylation is 1. The zero-order chi connectivity index (χ0) is 17.8. The number of phenolic OH excluding ortho intramolecular Hbond substituents is 1. The van der Waals surface area contributed by atoms with E-state index in [1.807, 2.05) is 19.1 Å². The van der Waals surface area contributed by atoms with E-state index in [-0.39, 0.29) is 0 Å². The molecule has 1 aromatic carbocycles. The van der Waals surface area contributed by atoms with Gasteiger partial charge in [-0.25, -0.2) is 0 Å². The number of phenols is 1. The number of unbranched alkanes of at least 4 members (excludes halogenated alkanes) is 4. The second kappa shape index (κ2) is 11.8. The van der Waals surface area contributed by atoms with Gasteiger partial charge >= 0.3 is 0 Å². The van der Waals surface area contributed by atoms with Gasteiger partial charge < -0.3 is 9.84 Å². The van der Waals surface area contributed by atoms with E-state index < -0.39 is 0 Å². The molecule has 0 fully saturated rings. The van der Waals surface area contributed by atoms with Gasteiger partial charge in [0.15, 0.2) is 0 Å². The number of ether oxygens (including phenoxy) is 1. The van der Waals surface area contributed by atoms with E-state index >= 15 is 0 Å². The molecule has 0 radical (unpaired) electrons. The molecular weight excluding hydrogens is 296 g/mol. The summed E-state index contributed by atoms with van der Waals surface area (Å²) in [6.07, 6.45) is 14.2. The topological polar surface area (TPSA) is 29.5 Å². The summed E-state index contributed by atoms with van der Waals surface area (Å²) in [5.74, 6) is 1.12. The molecule has 1 N–H and O–H groups in total. The second-order valence-electron chi connectivity index (χ2n) is 6.53. The summed E-state index contributed by atoms with van der Waals surface area (Å²) < 4.78 is 5.75. The number of rotatable bonds is 11. The Bertz CT molecular complexity index is 537. The number of allylic oxidation sites excluding steroid dienone is 3. The Labute approximate surface area is 148 Å². The highest BCUT2D eigenvalue weighted by atomic mass is 16.5. The normalized spacial score (nSPS) is 11.0. The maximum absolute atomic E-state index is 10.4. The maximum Gasteiger partial charge on any atom is 0.130 e. The zero-order valence-corrected chi connectivity index (χ0v) is 15.9. The summed E-state index contributed by atoms with van der Waals surface area (Å²) in [4.78, 5) is 0. The molecule has 134 valence electrons. The highest BCUT2D eigenvalue weighted by Gasteiger charge is 2.09. The molecule has 0 amide bonds. The molecule has 2 nitrogen and oxygen atoms in total. The summed E-state index contributed by atoms with van der Waals surface area (Å²) in [6.45, 7) is 9.05. The van der Waals surface area contributed by atoms with Crippen LogP contribution >= 0.6 is 0 Å². The zero-order valence-electron chi connectivity index (χ0n) is 15.9. The number of benzene rings is 1. The lowest BCUT2D eigenvalue weighted by atomic mass is 10.0. The third-order valence-corrected chi connectivity index (χ3v) is 3.96. The molecule has 2 heteroatoms. The Kier molecular flexibility index (Phi) is 9.98. The first kappa shape index (κ1) is 20.3. The molecule has 1 rings (SSSR count). The molecule has 0 saturated carbocycles. The lowest BCUT2D eigenvalue weighted by Crippen LogP contribution is -1.96. The van der Waals surface area contributed by atoms with Crippen LogP contribution in [0, 0.1) is 0 Å². The average molecular weight is 331 g/mol. The van der Waals surface area contributed by atoms with Crippen LogP contribution in [0.15, 0.2) is 29.9 Å². The molecule has 0 spiro atoms. The fourth-order valence-electron chi connectivity index (χ4n) is 2.66. The van der Waals surface area contributed by atoms with Crippen molar-refractivity contribution < 1.29 is 9.84 Å². The van der Waals surface area contributed by atoms with Gasteiger partial charge in [-0.15, -0.1) is 0 Å². The monoisotopic (exact) mass is 330 g/mol. The average Bonchev–Trinajstić information content (AvgIpc) is 2.53. The standard InChI is InChI=1S/C22H34O2/c1-5-7-10-14-19-16-21(23)20(22(17-19)24-6-2)15-12-9-8-11-13-18(3)4/h12-13,15-17,23H,5-11,14H2,1-4H3/b15-12-. The van der Waals surface area contributed by atoms with Gasteiger partial charge in [0, 0.05) is 0 Å². The van der Waals surface area contributed by atoms with E-state index in [0.717, 1.165) is 49.0 Å². The Hall–Kier alpha value is -1.70. The first-order valence-corrected chi connectivity index (χ1v) is 9.37. The van der Waals surface area contributed by atoms with Gasteiger partial charge in [-0.1, -0.05) is 43.6 Å². The minimum absolute atomic E-state index is 0.327. The number of hydrogen-bond donors (Lipinski definition) is 1. The molecule has 24 heavy (non-hydrogen) atoms. The SMILES string of the molecule is CCCCCc1cc(O)c(/C=C\CCCC=C(C)C)c(OCC)c1. The molecule has 0 aliphatic carbocycles. The fourth-order valence-corrected chi connectivity index (χ4v) is 2.66. The van der Waals surface area contributed by atoms with Crippen molar-refractivity contribution in [3.63, 3.8) is 0 Å². The van der Waals surface area contributed by atoms with Crippen molar-refractivity contribution in [2.24, 2.45) is 0 Å². The lowest BCUT2D eigenvalue weighted by molar-refractivity contribution is 0.336. The fraction of sp³-hybridized carbons (Fsp3) is 0.545. The van der Waals surface area contributed by atoms with Crippen LogP contribution in [0.2, 0.25) is 0 Å². The number of aromatic hydroxyl groups is 1. The van der Waals surface area contributed by atoms with E-state index in [9.17, 15) is 5.11 Å². The van der Waals surface area contributed by atoms with Crippen LogP contribution in [0.25, 0.3) is 6.08 Å². The van der Waals surface area contributed by atoms with Crippen molar-refractivity contribution in [2.45, 2.75) is 72.6 Å².